The quantitative estimate of drug-likeness (QED) is 0.652. The number of morpholine rings is 1. The minimum absolute atomic E-state index is 0.0637. The first-order valence-corrected chi connectivity index (χ1v) is 6.21. The lowest BCUT2D eigenvalue weighted by Crippen LogP contribution is -2.47. The second-order valence-corrected chi connectivity index (χ2v) is 4.55. The van der Waals surface area contributed by atoms with Gasteiger partial charge in [-0.05, 0) is 5.41 Å². The largest absolute Gasteiger partial charge is 0.377 e. The Morgan fingerprint density at radius 1 is 1.73 bits per heavy atom. The third kappa shape index (κ3) is 4.94. The van der Waals surface area contributed by atoms with E-state index in [1.807, 2.05) is 18.7 Å². The first kappa shape index (κ1) is 12.9. The average Bonchev–Trinajstić information content (AvgIpc) is 2.66. The zero-order chi connectivity index (χ0) is 11.1. The second-order valence-electron chi connectivity index (χ2n) is 3.25. The molecule has 1 saturated heterocycles. The lowest BCUT2D eigenvalue weighted by molar-refractivity contribution is 0.0789. The smallest absolute Gasteiger partial charge is 0.107 e. The Balaban J connectivity index is 0.000000151. The molecule has 2 aliphatic rings. The standard InChI is InChI=1S/C5H7NS2.C4H10N2O/c1-6-2-3-8-5(6)4-7;5-4-3-7-2-1-6-4/h2-5H,1H3;4,6H,1-3,5H2. The molecule has 6 heteroatoms. The minimum atomic E-state index is 0.0637. The second kappa shape index (κ2) is 7.19. The highest BCUT2D eigenvalue weighted by molar-refractivity contribution is 8.04. The van der Waals surface area contributed by atoms with Crippen LogP contribution in [0.3, 0.4) is 0 Å². The molecule has 0 aromatic carbocycles. The Morgan fingerprint density at radius 2 is 2.53 bits per heavy atom. The molecule has 1 fully saturated rings. The van der Waals surface area contributed by atoms with E-state index in [1.165, 1.54) is 0 Å². The molecule has 2 aliphatic heterocycles. The molecule has 15 heavy (non-hydrogen) atoms. The van der Waals surface area contributed by atoms with Crippen molar-refractivity contribution in [2.75, 3.05) is 26.8 Å². The maximum absolute atomic E-state index is 5.40. The first-order chi connectivity index (χ1) is 7.24. The van der Waals surface area contributed by atoms with Crippen molar-refractivity contribution in [3.05, 3.63) is 11.6 Å². The maximum Gasteiger partial charge on any atom is 0.107 e. The monoisotopic (exact) mass is 247 g/mol. The van der Waals surface area contributed by atoms with Crippen LogP contribution >= 0.6 is 24.0 Å². The normalized spacial score (nSPS) is 29.6. The van der Waals surface area contributed by atoms with Crippen molar-refractivity contribution in [3.63, 3.8) is 0 Å². The molecule has 0 aliphatic carbocycles. The van der Waals surface area contributed by atoms with E-state index >= 15 is 0 Å². The number of ether oxygens (including phenoxy) is 1. The van der Waals surface area contributed by atoms with Crippen LogP contribution in [-0.2, 0) is 4.74 Å². The van der Waals surface area contributed by atoms with E-state index in [9.17, 15) is 0 Å². The van der Waals surface area contributed by atoms with Crippen LogP contribution in [0, 0.1) is 0 Å². The number of hydrogen-bond donors (Lipinski definition) is 2. The fourth-order valence-electron chi connectivity index (χ4n) is 1.11. The number of thioether (sulfide) groups is 1. The van der Waals surface area contributed by atoms with Crippen LogP contribution in [0.5, 0.6) is 0 Å². The maximum atomic E-state index is 5.40. The molecule has 4 nitrogen and oxygen atoms in total. The van der Waals surface area contributed by atoms with E-state index in [1.54, 1.807) is 17.1 Å². The van der Waals surface area contributed by atoms with E-state index in [0.29, 0.717) is 12.0 Å². The van der Waals surface area contributed by atoms with E-state index in [2.05, 4.69) is 10.2 Å². The number of nitrogens with one attached hydrogen (secondary N) is 1. The predicted octanol–water partition coefficient (Wildman–Crippen LogP) is 0.353. The third-order valence-corrected chi connectivity index (χ3v) is 3.44. The highest BCUT2D eigenvalue weighted by Gasteiger charge is 2.11. The molecule has 2 heterocycles. The fraction of sp³-hybridized carbons (Fsp3) is 0.667. The summed E-state index contributed by atoms with van der Waals surface area (Å²) >= 11 is 6.50. The lowest BCUT2D eigenvalue weighted by atomic mass is 10.5. The van der Waals surface area contributed by atoms with Gasteiger partial charge in [0.25, 0.3) is 0 Å². The van der Waals surface area contributed by atoms with Crippen molar-refractivity contribution in [3.8, 4) is 0 Å². The SMILES string of the molecule is CN1C=CSC1C=S.NC1COCCN1. The van der Waals surface area contributed by atoms with Gasteiger partial charge in [0.2, 0.25) is 0 Å². The van der Waals surface area contributed by atoms with Crippen molar-refractivity contribution in [1.82, 2.24) is 10.2 Å². The van der Waals surface area contributed by atoms with Crippen molar-refractivity contribution >= 4 is 29.3 Å². The molecule has 0 aromatic rings. The molecule has 0 amide bonds. The van der Waals surface area contributed by atoms with Crippen LogP contribution < -0.4 is 11.1 Å². The van der Waals surface area contributed by atoms with Gasteiger partial charge in [-0.15, -0.1) is 11.8 Å². The van der Waals surface area contributed by atoms with Crippen molar-refractivity contribution in [2.24, 2.45) is 5.73 Å². The fourth-order valence-corrected chi connectivity index (χ4v) is 2.24. The lowest BCUT2D eigenvalue weighted by Gasteiger charge is -2.18. The first-order valence-electron chi connectivity index (χ1n) is 4.80. The number of nitrogens with two attached hydrogens (primary N) is 1. The van der Waals surface area contributed by atoms with Gasteiger partial charge in [0.15, 0.2) is 0 Å². The molecule has 2 rings (SSSR count). The van der Waals surface area contributed by atoms with Crippen LogP contribution in [0.15, 0.2) is 11.6 Å². The van der Waals surface area contributed by atoms with Gasteiger partial charge in [-0.3, -0.25) is 5.32 Å². The molecule has 0 saturated carbocycles. The Hall–Kier alpha value is -0.140. The van der Waals surface area contributed by atoms with Gasteiger partial charge in [0, 0.05) is 25.2 Å². The zero-order valence-electron chi connectivity index (χ0n) is 8.76. The van der Waals surface area contributed by atoms with Gasteiger partial charge in [0.05, 0.1) is 19.4 Å². The zero-order valence-corrected chi connectivity index (χ0v) is 10.4. The Labute approximate surface area is 100 Å². The van der Waals surface area contributed by atoms with Crippen molar-refractivity contribution in [1.29, 1.82) is 0 Å². The Kier molecular flexibility index (Phi) is 6.19. The molecule has 0 radical (unpaired) electrons. The molecular weight excluding hydrogens is 230 g/mol. The molecule has 3 N–H and O–H groups in total. The molecule has 2 unspecified atom stereocenters. The number of thiocarbonyl (C=S) groups is 1. The summed E-state index contributed by atoms with van der Waals surface area (Å²) in [5.41, 5.74) is 5.40. The summed E-state index contributed by atoms with van der Waals surface area (Å²) in [5, 5.41) is 7.25. The van der Waals surface area contributed by atoms with E-state index in [4.69, 9.17) is 22.7 Å². The predicted molar refractivity (Wildman–Crippen MR) is 68.7 cm³/mol. The molecule has 86 valence electrons. The van der Waals surface area contributed by atoms with Gasteiger partial charge >= 0.3 is 0 Å². The molecular formula is C9H17N3OS2. The van der Waals surface area contributed by atoms with E-state index < -0.39 is 0 Å². The summed E-state index contributed by atoms with van der Waals surface area (Å²) in [5.74, 6) is 0. The van der Waals surface area contributed by atoms with Gasteiger partial charge in [-0.2, -0.15) is 0 Å². The summed E-state index contributed by atoms with van der Waals surface area (Å²) in [7, 11) is 2.02. The third-order valence-electron chi connectivity index (χ3n) is 1.98. The summed E-state index contributed by atoms with van der Waals surface area (Å²) in [4.78, 5) is 2.08. The average molecular weight is 247 g/mol. The number of nitrogens with zero attached hydrogens (tertiary/aromatic N) is 1. The molecule has 0 spiro atoms. The summed E-state index contributed by atoms with van der Waals surface area (Å²) in [6.45, 7) is 2.34. The van der Waals surface area contributed by atoms with Gasteiger partial charge in [-0.25, -0.2) is 0 Å². The molecule has 0 aromatic heterocycles. The van der Waals surface area contributed by atoms with Crippen LogP contribution in [0.2, 0.25) is 0 Å². The van der Waals surface area contributed by atoms with Crippen molar-refractivity contribution in [2.45, 2.75) is 11.5 Å². The van der Waals surface area contributed by atoms with Gasteiger partial charge in [-0.1, -0.05) is 12.2 Å². The highest BCUT2D eigenvalue weighted by Crippen LogP contribution is 2.20. The summed E-state index contributed by atoms with van der Waals surface area (Å²) < 4.78 is 4.99. The number of rotatable bonds is 1. The summed E-state index contributed by atoms with van der Waals surface area (Å²) in [6, 6.07) is 0. The van der Waals surface area contributed by atoms with Crippen LogP contribution in [0.1, 0.15) is 0 Å². The van der Waals surface area contributed by atoms with E-state index in [-0.39, 0.29) is 6.17 Å². The molecule has 0 bridgehead atoms. The molecule has 2 atom stereocenters. The van der Waals surface area contributed by atoms with Crippen LogP contribution in [0.25, 0.3) is 0 Å². The Bertz CT molecular complexity index is 219. The van der Waals surface area contributed by atoms with Gasteiger partial charge in [0.1, 0.15) is 5.37 Å². The van der Waals surface area contributed by atoms with Gasteiger partial charge < -0.3 is 15.4 Å². The topological polar surface area (TPSA) is 50.5 Å². The van der Waals surface area contributed by atoms with Crippen LogP contribution in [-0.4, -0.2) is 48.6 Å². The Morgan fingerprint density at radius 3 is 2.80 bits per heavy atom. The van der Waals surface area contributed by atoms with Crippen LogP contribution in [0.4, 0.5) is 0 Å². The van der Waals surface area contributed by atoms with E-state index in [0.717, 1.165) is 13.2 Å². The number of hydrogen-bond acceptors (Lipinski definition) is 6. The minimum Gasteiger partial charge on any atom is -0.377 e. The highest BCUT2D eigenvalue weighted by atomic mass is 32.2. The van der Waals surface area contributed by atoms with Crippen molar-refractivity contribution < 1.29 is 4.74 Å². The summed E-state index contributed by atoms with van der Waals surface area (Å²) in [6.07, 6.45) is 2.09.